The molecule has 0 aromatic rings. The first-order valence-electron chi connectivity index (χ1n) is 5.88. The molecule has 10 nitrogen and oxygen atoms in total. The van der Waals surface area contributed by atoms with E-state index in [1.807, 2.05) is 0 Å². The lowest BCUT2D eigenvalue weighted by atomic mass is 10.2. The lowest BCUT2D eigenvalue weighted by Crippen LogP contribution is -2.36. The van der Waals surface area contributed by atoms with Crippen LogP contribution in [-0.4, -0.2) is 54.5 Å². The molecular formula is C11H18N2O8. The molecule has 0 amide bonds. The highest BCUT2D eigenvalue weighted by molar-refractivity contribution is 5.83. The average Bonchev–Trinajstić information content (AvgIpc) is 2.36. The third kappa shape index (κ3) is 7.84. The van der Waals surface area contributed by atoms with Crippen LogP contribution in [0.25, 0.3) is 0 Å². The summed E-state index contributed by atoms with van der Waals surface area (Å²) in [5, 5.41) is 8.51. The minimum absolute atomic E-state index is 0.455. The van der Waals surface area contributed by atoms with Gasteiger partial charge in [0.25, 0.3) is 0 Å². The predicted octanol–water partition coefficient (Wildman–Crippen LogP) is -1.89. The van der Waals surface area contributed by atoms with E-state index in [0.717, 1.165) is 7.11 Å². The summed E-state index contributed by atoms with van der Waals surface area (Å²) in [6.07, 6.45) is -2.29. The van der Waals surface area contributed by atoms with Gasteiger partial charge in [0.05, 0.1) is 20.0 Å². The highest BCUT2D eigenvalue weighted by atomic mass is 16.7. The van der Waals surface area contributed by atoms with Crippen molar-refractivity contribution in [1.29, 1.82) is 0 Å². The molecular weight excluding hydrogens is 288 g/mol. The zero-order chi connectivity index (χ0) is 16.6. The summed E-state index contributed by atoms with van der Waals surface area (Å²) in [7, 11) is 1.11. The maximum Gasteiger partial charge on any atom is 0.323 e. The van der Waals surface area contributed by atoms with Gasteiger partial charge in [-0.1, -0.05) is 0 Å². The molecule has 0 aromatic carbocycles. The summed E-state index contributed by atoms with van der Waals surface area (Å²) in [6, 6.07) is -2.60. The highest BCUT2D eigenvalue weighted by Crippen LogP contribution is 2.03. The van der Waals surface area contributed by atoms with Crippen LogP contribution in [0.3, 0.4) is 0 Å². The molecule has 0 bridgehead atoms. The standard InChI is InChI=1S/C11H18N2O8/c1-5(20-8(14)3-6(12)10(16)17)21-9(15)4-7(13)11(18)19-2/h5-7H,3-4,12-13H2,1-2H3,(H,16,17)/t5?,6?,7-/m1/s1. The van der Waals surface area contributed by atoms with Crippen LogP contribution in [0.4, 0.5) is 0 Å². The van der Waals surface area contributed by atoms with Gasteiger partial charge in [0.1, 0.15) is 12.1 Å². The predicted molar refractivity (Wildman–Crippen MR) is 66.5 cm³/mol. The number of carboxylic acids is 1. The van der Waals surface area contributed by atoms with Crippen LogP contribution in [0, 0.1) is 0 Å². The van der Waals surface area contributed by atoms with Gasteiger partial charge in [-0.25, -0.2) is 0 Å². The van der Waals surface area contributed by atoms with E-state index in [9.17, 15) is 19.2 Å². The Morgan fingerprint density at radius 3 is 1.81 bits per heavy atom. The van der Waals surface area contributed by atoms with E-state index in [1.54, 1.807) is 0 Å². The van der Waals surface area contributed by atoms with E-state index in [1.165, 1.54) is 6.92 Å². The van der Waals surface area contributed by atoms with Crippen LogP contribution in [0.15, 0.2) is 0 Å². The molecule has 2 unspecified atom stereocenters. The fourth-order valence-corrected chi connectivity index (χ4v) is 1.17. The van der Waals surface area contributed by atoms with Crippen molar-refractivity contribution < 1.29 is 38.5 Å². The molecule has 10 heteroatoms. The van der Waals surface area contributed by atoms with E-state index >= 15 is 0 Å². The van der Waals surface area contributed by atoms with Crippen LogP contribution in [0.1, 0.15) is 19.8 Å². The number of rotatable bonds is 8. The minimum Gasteiger partial charge on any atom is -0.480 e. The molecule has 0 spiro atoms. The second kappa shape index (κ2) is 8.87. The number of methoxy groups -OCH3 is 1. The van der Waals surface area contributed by atoms with Crippen molar-refractivity contribution >= 4 is 23.9 Å². The van der Waals surface area contributed by atoms with Gasteiger partial charge in [-0.2, -0.15) is 0 Å². The lowest BCUT2D eigenvalue weighted by Gasteiger charge is -2.16. The van der Waals surface area contributed by atoms with Crippen molar-refractivity contribution in [2.45, 2.75) is 38.1 Å². The Hall–Kier alpha value is -2.20. The zero-order valence-corrected chi connectivity index (χ0v) is 11.6. The molecule has 120 valence electrons. The molecule has 0 aliphatic carbocycles. The Morgan fingerprint density at radius 1 is 1.00 bits per heavy atom. The molecule has 0 radical (unpaired) electrons. The van der Waals surface area contributed by atoms with Crippen LogP contribution in [-0.2, 0) is 33.4 Å². The van der Waals surface area contributed by atoms with Crippen LogP contribution >= 0.6 is 0 Å². The summed E-state index contributed by atoms with van der Waals surface area (Å²) in [5.41, 5.74) is 10.5. The first-order valence-corrected chi connectivity index (χ1v) is 5.88. The third-order valence-corrected chi connectivity index (χ3v) is 2.19. The number of hydrogen-bond acceptors (Lipinski definition) is 9. The molecule has 0 aromatic heterocycles. The van der Waals surface area contributed by atoms with Crippen LogP contribution in [0.5, 0.6) is 0 Å². The highest BCUT2D eigenvalue weighted by Gasteiger charge is 2.23. The van der Waals surface area contributed by atoms with Crippen molar-refractivity contribution in [3.63, 3.8) is 0 Å². The van der Waals surface area contributed by atoms with Gasteiger partial charge in [0.2, 0.25) is 6.29 Å². The fourth-order valence-electron chi connectivity index (χ4n) is 1.17. The zero-order valence-electron chi connectivity index (χ0n) is 11.6. The Labute approximate surface area is 120 Å². The molecule has 0 saturated carbocycles. The average molecular weight is 306 g/mol. The Morgan fingerprint density at radius 2 is 1.43 bits per heavy atom. The van der Waals surface area contributed by atoms with Crippen LogP contribution < -0.4 is 11.5 Å². The summed E-state index contributed by atoms with van der Waals surface area (Å²) < 4.78 is 13.6. The summed E-state index contributed by atoms with van der Waals surface area (Å²) >= 11 is 0. The Balaban J connectivity index is 4.16. The molecule has 0 heterocycles. The minimum atomic E-state index is -1.41. The van der Waals surface area contributed by atoms with Gasteiger partial charge in [0, 0.05) is 6.92 Å². The Kier molecular flexibility index (Phi) is 7.94. The Bertz CT molecular complexity index is 411. The molecule has 0 saturated heterocycles. The number of hydrogen-bond donors (Lipinski definition) is 3. The van der Waals surface area contributed by atoms with E-state index in [-0.39, 0.29) is 0 Å². The van der Waals surface area contributed by atoms with Crippen molar-refractivity contribution in [2.75, 3.05) is 7.11 Å². The maximum absolute atomic E-state index is 11.4. The number of carbonyl (C=O) groups excluding carboxylic acids is 3. The van der Waals surface area contributed by atoms with E-state index in [0.29, 0.717) is 0 Å². The number of carboxylic acid groups (broad SMARTS) is 1. The molecule has 0 aliphatic heterocycles. The number of ether oxygens (including phenoxy) is 3. The summed E-state index contributed by atoms with van der Waals surface area (Å²) in [6.45, 7) is 1.24. The van der Waals surface area contributed by atoms with Gasteiger partial charge in [0.15, 0.2) is 0 Å². The van der Waals surface area contributed by atoms with Gasteiger partial charge in [-0.15, -0.1) is 0 Å². The first kappa shape index (κ1) is 18.8. The monoisotopic (exact) mass is 306 g/mol. The topological polar surface area (TPSA) is 168 Å². The SMILES string of the molecule is COC(=O)[C@H](N)CC(=O)OC(C)OC(=O)CC(N)C(=O)O. The number of esters is 3. The number of aliphatic carboxylic acids is 1. The summed E-state index contributed by atoms with van der Waals surface area (Å²) in [5.74, 6) is -3.97. The van der Waals surface area contributed by atoms with E-state index in [4.69, 9.17) is 16.6 Å². The number of nitrogens with two attached hydrogens (primary N) is 2. The summed E-state index contributed by atoms with van der Waals surface area (Å²) in [4.78, 5) is 44.1. The van der Waals surface area contributed by atoms with Crippen molar-refractivity contribution in [3.05, 3.63) is 0 Å². The van der Waals surface area contributed by atoms with Gasteiger partial charge in [-0.05, 0) is 0 Å². The first-order chi connectivity index (χ1) is 9.67. The normalized spacial score (nSPS) is 14.5. The number of carbonyl (C=O) groups is 4. The third-order valence-electron chi connectivity index (χ3n) is 2.19. The van der Waals surface area contributed by atoms with Crippen molar-refractivity contribution in [2.24, 2.45) is 11.5 Å². The fraction of sp³-hybridized carbons (Fsp3) is 0.636. The maximum atomic E-state index is 11.4. The second-order valence-corrected chi connectivity index (χ2v) is 4.03. The van der Waals surface area contributed by atoms with Gasteiger partial charge >= 0.3 is 23.9 Å². The second-order valence-electron chi connectivity index (χ2n) is 4.03. The van der Waals surface area contributed by atoms with E-state index < -0.39 is 55.1 Å². The molecule has 0 aliphatic rings. The quantitative estimate of drug-likeness (QED) is 0.340. The molecule has 0 rings (SSSR count). The molecule has 0 fully saturated rings. The molecule has 21 heavy (non-hydrogen) atoms. The molecule has 3 atom stereocenters. The van der Waals surface area contributed by atoms with Crippen molar-refractivity contribution in [3.8, 4) is 0 Å². The lowest BCUT2D eigenvalue weighted by molar-refractivity contribution is -0.186. The van der Waals surface area contributed by atoms with Crippen LogP contribution in [0.2, 0.25) is 0 Å². The largest absolute Gasteiger partial charge is 0.480 e. The van der Waals surface area contributed by atoms with E-state index in [2.05, 4.69) is 14.2 Å². The van der Waals surface area contributed by atoms with Crippen molar-refractivity contribution in [1.82, 2.24) is 0 Å². The molecule has 5 N–H and O–H groups in total. The smallest absolute Gasteiger partial charge is 0.323 e. The van der Waals surface area contributed by atoms with Gasteiger partial charge < -0.3 is 30.8 Å². The van der Waals surface area contributed by atoms with Gasteiger partial charge in [-0.3, -0.25) is 19.2 Å².